The first-order valence-corrected chi connectivity index (χ1v) is 14.9. The maximum atomic E-state index is 9.34. The Kier molecular flexibility index (Phi) is 3.87. The Hall–Kier alpha value is -5.98. The lowest BCUT2D eigenvalue weighted by atomic mass is 9.84. The Balaban J connectivity index is 1.39. The van der Waals surface area contributed by atoms with Gasteiger partial charge in [0.15, 0.2) is 0 Å². The van der Waals surface area contributed by atoms with E-state index in [0.29, 0.717) is 10.9 Å². The highest BCUT2D eigenvalue weighted by Crippen LogP contribution is 2.46. The molecule has 0 N–H and O–H groups in total. The molecular weight excluding hydrogens is 553 g/mol. The molecule has 0 saturated carbocycles. The summed E-state index contributed by atoms with van der Waals surface area (Å²) < 4.78 is 115. The monoisotopic (exact) mass is 595 g/mol. The average Bonchev–Trinajstić information content (AvgIpc) is 3.26. The van der Waals surface area contributed by atoms with Gasteiger partial charge in [0.25, 0.3) is 0 Å². The van der Waals surface area contributed by atoms with Gasteiger partial charge < -0.3 is 0 Å². The van der Waals surface area contributed by atoms with E-state index in [4.69, 9.17) is 12.3 Å². The fraction of sp³-hybridized carbons (Fsp3) is 0. The maximum absolute atomic E-state index is 9.34. The third-order valence-corrected chi connectivity index (χ3v) is 8.60. The molecule has 214 valence electrons. The molecule has 0 atom stereocenters. The van der Waals surface area contributed by atoms with E-state index in [2.05, 4.69) is 30.3 Å². The van der Waals surface area contributed by atoms with Crippen LogP contribution >= 0.6 is 0 Å². The van der Waals surface area contributed by atoms with Crippen LogP contribution in [0.3, 0.4) is 0 Å². The molecule has 0 unspecified atom stereocenters. The van der Waals surface area contributed by atoms with Gasteiger partial charge in [-0.25, -0.2) is 0 Å². The molecule has 0 nitrogen and oxygen atoms in total. The standard InChI is InChI=1S/C46H30/c1-2-13-34(14-3-1)45-41-16-6-8-18-43(41)46(44-19-9-7-17-42(44)45)40-23-11-21-38-37(20-10-22-39(38)40)33-27-24-32(25-28-33)36-29-26-31-12-4-5-15-35(31)30-36/h1-30H/i1D,2D,3D,6D,7D,8D,9D,13D,14D,16D,17D,18D,19D. The van der Waals surface area contributed by atoms with Gasteiger partial charge in [0.1, 0.15) is 0 Å². The summed E-state index contributed by atoms with van der Waals surface area (Å²) in [6.45, 7) is 0. The summed E-state index contributed by atoms with van der Waals surface area (Å²) in [5.41, 5.74) is 3.60. The van der Waals surface area contributed by atoms with E-state index in [1.165, 1.54) is 0 Å². The van der Waals surface area contributed by atoms with Gasteiger partial charge in [-0.15, -0.1) is 0 Å². The van der Waals surface area contributed by atoms with Crippen molar-refractivity contribution in [3.8, 4) is 44.5 Å². The Morgan fingerprint density at radius 2 is 0.826 bits per heavy atom. The molecule has 0 bridgehead atoms. The number of hydrogen-bond acceptors (Lipinski definition) is 0. The van der Waals surface area contributed by atoms with Crippen molar-refractivity contribution in [2.45, 2.75) is 0 Å². The normalized spacial score (nSPS) is 15.4. The predicted molar refractivity (Wildman–Crippen MR) is 198 cm³/mol. The van der Waals surface area contributed by atoms with Crippen molar-refractivity contribution < 1.29 is 17.8 Å². The van der Waals surface area contributed by atoms with Gasteiger partial charge in [-0.3, -0.25) is 0 Å². The zero-order chi connectivity index (χ0) is 41.8. The smallest absolute Gasteiger partial charge is 0.0622 e. The second-order valence-electron chi connectivity index (χ2n) is 11.1. The van der Waals surface area contributed by atoms with Gasteiger partial charge in [0.2, 0.25) is 0 Å². The fourth-order valence-corrected chi connectivity index (χ4v) is 6.51. The van der Waals surface area contributed by atoms with Crippen LogP contribution in [-0.4, -0.2) is 0 Å². The highest BCUT2D eigenvalue weighted by Gasteiger charge is 2.18. The summed E-state index contributed by atoms with van der Waals surface area (Å²) in [4.78, 5) is 0. The Morgan fingerprint density at radius 3 is 1.50 bits per heavy atom. The molecule has 0 aliphatic carbocycles. The van der Waals surface area contributed by atoms with E-state index in [1.807, 2.05) is 60.7 Å². The van der Waals surface area contributed by atoms with Crippen molar-refractivity contribution >= 4 is 43.1 Å². The second-order valence-corrected chi connectivity index (χ2v) is 11.1. The zero-order valence-electron chi connectivity index (χ0n) is 37.3. The van der Waals surface area contributed by atoms with Crippen molar-refractivity contribution in [2.24, 2.45) is 0 Å². The van der Waals surface area contributed by atoms with E-state index in [1.54, 1.807) is 12.1 Å². The Bertz CT molecular complexity index is 3190. The molecule has 0 heteroatoms. The lowest BCUT2D eigenvalue weighted by Gasteiger charge is -2.19. The minimum absolute atomic E-state index is 0.0968. The molecule has 46 heavy (non-hydrogen) atoms. The lowest BCUT2D eigenvalue weighted by Crippen LogP contribution is -1.92. The largest absolute Gasteiger partial charge is 0.0629 e. The van der Waals surface area contributed by atoms with E-state index in [0.717, 1.165) is 38.4 Å². The van der Waals surface area contributed by atoms with Crippen molar-refractivity contribution in [1.29, 1.82) is 0 Å². The summed E-state index contributed by atoms with van der Waals surface area (Å²) in [7, 11) is 0. The predicted octanol–water partition coefficient (Wildman–Crippen LogP) is 13.0. The summed E-state index contributed by atoms with van der Waals surface area (Å²) in [5, 5.41) is 2.96. The molecule has 9 aromatic carbocycles. The molecule has 9 aromatic rings. The van der Waals surface area contributed by atoms with Gasteiger partial charge >= 0.3 is 0 Å². The fourth-order valence-electron chi connectivity index (χ4n) is 6.51. The molecule has 0 saturated heterocycles. The second kappa shape index (κ2) is 10.9. The molecule has 0 aliphatic rings. The molecule has 0 spiro atoms. The van der Waals surface area contributed by atoms with E-state index in [-0.39, 0.29) is 32.7 Å². The Morgan fingerprint density at radius 1 is 0.304 bits per heavy atom. The third-order valence-electron chi connectivity index (χ3n) is 8.60. The average molecular weight is 596 g/mol. The molecule has 0 amide bonds. The minimum Gasteiger partial charge on any atom is -0.0622 e. The van der Waals surface area contributed by atoms with Crippen molar-refractivity contribution in [3.63, 3.8) is 0 Å². The van der Waals surface area contributed by atoms with Crippen LogP contribution in [0.4, 0.5) is 0 Å². The molecule has 9 rings (SSSR count). The topological polar surface area (TPSA) is 0 Å². The van der Waals surface area contributed by atoms with E-state index in [9.17, 15) is 5.48 Å². The van der Waals surface area contributed by atoms with Gasteiger partial charge in [0.05, 0.1) is 17.8 Å². The molecule has 0 radical (unpaired) electrons. The summed E-state index contributed by atoms with van der Waals surface area (Å²) >= 11 is 0. The number of rotatable bonds is 4. The van der Waals surface area contributed by atoms with Crippen LogP contribution in [0.25, 0.3) is 87.6 Å². The quantitative estimate of drug-likeness (QED) is 0.178. The number of hydrogen-bond donors (Lipinski definition) is 0. The van der Waals surface area contributed by atoms with Crippen LogP contribution in [0.2, 0.25) is 0 Å². The highest BCUT2D eigenvalue weighted by atomic mass is 14.2. The summed E-state index contributed by atoms with van der Waals surface area (Å²) in [6, 6.07) is 25.5. The highest BCUT2D eigenvalue weighted by molar-refractivity contribution is 6.24. The Labute approximate surface area is 287 Å². The number of fused-ring (bicyclic) bond motifs is 4. The molecule has 0 aromatic heterocycles. The maximum Gasteiger partial charge on any atom is 0.0629 e. The van der Waals surface area contributed by atoms with Crippen LogP contribution in [0.1, 0.15) is 17.8 Å². The minimum atomic E-state index is -0.708. The SMILES string of the molecule is [2H]c1c([2H])c([2H])c(-c2c3c([2H])c([2H])c([2H])c([2H])c3c(-c3cccc4c(-c5ccc(-c6ccc7ccccc7c6)cc5)cccc34)c3c([2H])c([2H])c([2H])c([2H])c23)c([2H])c1[2H]. The van der Waals surface area contributed by atoms with Crippen LogP contribution in [0.15, 0.2) is 182 Å². The van der Waals surface area contributed by atoms with Crippen molar-refractivity contribution in [3.05, 3.63) is 182 Å². The first kappa shape index (κ1) is 16.4. The van der Waals surface area contributed by atoms with E-state index >= 15 is 0 Å². The third kappa shape index (κ3) is 4.30. The summed E-state index contributed by atoms with van der Waals surface area (Å²) in [6.07, 6.45) is 0. The van der Waals surface area contributed by atoms with E-state index < -0.39 is 84.1 Å². The first-order chi connectivity index (χ1) is 28.2. The van der Waals surface area contributed by atoms with Gasteiger partial charge in [-0.05, 0) is 93.7 Å². The summed E-state index contributed by atoms with van der Waals surface area (Å²) in [5.74, 6) is 0. The lowest BCUT2D eigenvalue weighted by molar-refractivity contribution is 1.62. The molecule has 0 aliphatic heterocycles. The molecule has 0 heterocycles. The zero-order valence-corrected chi connectivity index (χ0v) is 24.3. The number of benzene rings is 9. The van der Waals surface area contributed by atoms with Crippen molar-refractivity contribution in [2.75, 3.05) is 0 Å². The van der Waals surface area contributed by atoms with Crippen LogP contribution < -0.4 is 0 Å². The van der Waals surface area contributed by atoms with Crippen molar-refractivity contribution in [1.82, 2.24) is 0 Å². The molecule has 0 fully saturated rings. The molecular formula is C46H30. The van der Waals surface area contributed by atoms with Crippen LogP contribution in [0.5, 0.6) is 0 Å². The van der Waals surface area contributed by atoms with Gasteiger partial charge in [-0.2, -0.15) is 0 Å². The first-order valence-electron chi connectivity index (χ1n) is 21.4. The van der Waals surface area contributed by atoms with Crippen LogP contribution in [0, 0.1) is 0 Å². The van der Waals surface area contributed by atoms with Gasteiger partial charge in [-0.1, -0.05) is 176 Å². The van der Waals surface area contributed by atoms with Gasteiger partial charge in [0, 0.05) is 0 Å². The van der Waals surface area contributed by atoms with Crippen LogP contribution in [-0.2, 0) is 0 Å².